The van der Waals surface area contributed by atoms with Gasteiger partial charge in [-0.15, -0.1) is 0 Å². The second-order valence-electron chi connectivity index (χ2n) is 3.88. The first-order valence-corrected chi connectivity index (χ1v) is 6.84. The zero-order valence-corrected chi connectivity index (χ0v) is 10.4. The van der Waals surface area contributed by atoms with Crippen LogP contribution in [0.25, 0.3) is 0 Å². The van der Waals surface area contributed by atoms with Gasteiger partial charge >= 0.3 is 0 Å². The molecule has 1 aliphatic rings. The molecule has 1 aliphatic heterocycles. The highest BCUT2D eigenvalue weighted by molar-refractivity contribution is 7.99. The van der Waals surface area contributed by atoms with Gasteiger partial charge in [0.15, 0.2) is 0 Å². The molecule has 1 atom stereocenters. The molecule has 1 heterocycles. The summed E-state index contributed by atoms with van der Waals surface area (Å²) in [6.45, 7) is 0.933. The number of benzene rings is 1. The Bertz CT molecular complexity index is 408. The summed E-state index contributed by atoms with van der Waals surface area (Å²) in [5.74, 6) is 3.19. The molecule has 1 aromatic carbocycles. The summed E-state index contributed by atoms with van der Waals surface area (Å²) in [6, 6.07) is 7.67. The van der Waals surface area contributed by atoms with Gasteiger partial charge in [0, 0.05) is 6.54 Å². The van der Waals surface area contributed by atoms with Crippen LogP contribution >= 0.6 is 23.4 Å². The Labute approximate surface area is 105 Å². The van der Waals surface area contributed by atoms with E-state index >= 15 is 0 Å². The fraction of sp³-hybridized carbons (Fsp3) is 0.417. The number of hydrogen-bond acceptors (Lipinski definition) is 3. The lowest BCUT2D eigenvalue weighted by molar-refractivity contribution is 0.632. The smallest absolute Gasteiger partial charge is 0.103 e. The molecule has 1 unspecified atom stereocenters. The fourth-order valence-corrected chi connectivity index (χ4v) is 3.29. The van der Waals surface area contributed by atoms with Gasteiger partial charge in [-0.05, 0) is 36.0 Å². The van der Waals surface area contributed by atoms with Crippen LogP contribution in [-0.4, -0.2) is 18.1 Å². The molecule has 0 saturated carbocycles. The average molecular weight is 253 g/mol. The van der Waals surface area contributed by atoms with Gasteiger partial charge in [0.05, 0.1) is 16.3 Å². The predicted molar refractivity (Wildman–Crippen MR) is 70.1 cm³/mol. The first kappa shape index (κ1) is 11.6. The summed E-state index contributed by atoms with van der Waals surface area (Å²) in [5.41, 5.74) is 1.40. The molecule has 0 aromatic heterocycles. The third kappa shape index (κ3) is 2.63. The van der Waals surface area contributed by atoms with Gasteiger partial charge in [0.1, 0.15) is 6.07 Å². The molecule has 2 nitrogen and oxygen atoms in total. The molecule has 2 rings (SSSR count). The molecular weight excluding hydrogens is 240 g/mol. The largest absolute Gasteiger partial charge is 0.384 e. The van der Waals surface area contributed by atoms with Gasteiger partial charge in [-0.1, -0.05) is 17.7 Å². The van der Waals surface area contributed by atoms with E-state index in [0.29, 0.717) is 10.6 Å². The molecule has 1 saturated heterocycles. The third-order valence-electron chi connectivity index (χ3n) is 2.73. The molecule has 1 fully saturated rings. The first-order chi connectivity index (χ1) is 7.81. The van der Waals surface area contributed by atoms with Crippen LogP contribution in [0.3, 0.4) is 0 Å². The van der Waals surface area contributed by atoms with Gasteiger partial charge in [0.25, 0.3) is 0 Å². The minimum atomic E-state index is 0.522. The Balaban J connectivity index is 2.03. The van der Waals surface area contributed by atoms with Crippen LogP contribution in [0.4, 0.5) is 5.69 Å². The number of thioether (sulfide) groups is 1. The Hall–Kier alpha value is -0.850. The Morgan fingerprint density at radius 1 is 1.56 bits per heavy atom. The SMILES string of the molecule is N#Cc1c(Cl)cccc1NCC1CCSC1. The molecule has 1 N–H and O–H groups in total. The Morgan fingerprint density at radius 3 is 3.12 bits per heavy atom. The van der Waals surface area contributed by atoms with Gasteiger partial charge in [-0.2, -0.15) is 17.0 Å². The van der Waals surface area contributed by atoms with Crippen molar-refractivity contribution in [2.45, 2.75) is 6.42 Å². The van der Waals surface area contributed by atoms with E-state index in [4.69, 9.17) is 16.9 Å². The predicted octanol–water partition coefficient (Wildman–Crippen LogP) is 3.38. The monoisotopic (exact) mass is 252 g/mol. The van der Waals surface area contributed by atoms with Crippen molar-refractivity contribution in [1.82, 2.24) is 0 Å². The summed E-state index contributed by atoms with van der Waals surface area (Å²) < 4.78 is 0. The van der Waals surface area contributed by atoms with Gasteiger partial charge in [-0.25, -0.2) is 0 Å². The molecule has 0 bridgehead atoms. The molecule has 4 heteroatoms. The van der Waals surface area contributed by atoms with Crippen LogP contribution < -0.4 is 5.32 Å². The third-order valence-corrected chi connectivity index (χ3v) is 4.28. The van der Waals surface area contributed by atoms with Crippen LogP contribution in [-0.2, 0) is 0 Å². The normalized spacial score (nSPS) is 19.4. The fourth-order valence-electron chi connectivity index (χ4n) is 1.78. The highest BCUT2D eigenvalue weighted by atomic mass is 35.5. The number of halogens is 1. The van der Waals surface area contributed by atoms with Gasteiger partial charge in [-0.3, -0.25) is 0 Å². The van der Waals surface area contributed by atoms with Crippen LogP contribution in [0, 0.1) is 17.2 Å². The van der Waals surface area contributed by atoms with Crippen molar-refractivity contribution in [2.24, 2.45) is 5.92 Å². The maximum atomic E-state index is 9.01. The van der Waals surface area contributed by atoms with Crippen LogP contribution in [0.15, 0.2) is 18.2 Å². The molecule has 16 heavy (non-hydrogen) atoms. The van der Waals surface area contributed by atoms with Crippen molar-refractivity contribution in [3.8, 4) is 6.07 Å². The minimum Gasteiger partial charge on any atom is -0.384 e. The van der Waals surface area contributed by atoms with Crippen LogP contribution in [0.2, 0.25) is 5.02 Å². The molecule has 1 aromatic rings. The molecule has 84 valence electrons. The summed E-state index contributed by atoms with van der Waals surface area (Å²) in [5, 5.41) is 12.9. The summed E-state index contributed by atoms with van der Waals surface area (Å²) >= 11 is 7.96. The van der Waals surface area contributed by atoms with E-state index in [1.54, 1.807) is 6.07 Å². The maximum absolute atomic E-state index is 9.01. The molecule has 0 amide bonds. The second kappa shape index (κ2) is 5.47. The van der Waals surface area contributed by atoms with Gasteiger partial charge in [0.2, 0.25) is 0 Å². The summed E-state index contributed by atoms with van der Waals surface area (Å²) in [4.78, 5) is 0. The zero-order valence-electron chi connectivity index (χ0n) is 8.87. The van der Waals surface area contributed by atoms with E-state index in [1.165, 1.54) is 17.9 Å². The quantitative estimate of drug-likeness (QED) is 0.896. The summed E-state index contributed by atoms with van der Waals surface area (Å²) in [6.07, 6.45) is 1.26. The minimum absolute atomic E-state index is 0.522. The van der Waals surface area contributed by atoms with Crippen LogP contribution in [0.1, 0.15) is 12.0 Å². The number of nitrogens with zero attached hydrogens (tertiary/aromatic N) is 1. The first-order valence-electron chi connectivity index (χ1n) is 5.31. The van der Waals surface area contributed by atoms with Crippen molar-refractivity contribution in [3.63, 3.8) is 0 Å². The lowest BCUT2D eigenvalue weighted by Crippen LogP contribution is -2.14. The number of rotatable bonds is 3. The number of nitrogens with one attached hydrogen (secondary N) is 1. The molecular formula is C12H13ClN2S. The van der Waals surface area contributed by atoms with E-state index in [0.717, 1.165) is 18.2 Å². The van der Waals surface area contributed by atoms with E-state index in [-0.39, 0.29) is 0 Å². The Kier molecular flexibility index (Phi) is 3.98. The lowest BCUT2D eigenvalue weighted by Gasteiger charge is -2.12. The highest BCUT2D eigenvalue weighted by Gasteiger charge is 2.15. The lowest BCUT2D eigenvalue weighted by atomic mass is 10.1. The van der Waals surface area contributed by atoms with Crippen LogP contribution in [0.5, 0.6) is 0 Å². The van der Waals surface area contributed by atoms with Crippen molar-refractivity contribution in [2.75, 3.05) is 23.4 Å². The van der Waals surface area contributed by atoms with E-state index in [1.807, 2.05) is 23.9 Å². The number of anilines is 1. The molecule has 0 radical (unpaired) electrons. The average Bonchev–Trinajstić information content (AvgIpc) is 2.79. The standard InChI is InChI=1S/C12H13ClN2S/c13-11-2-1-3-12(10(11)6-14)15-7-9-4-5-16-8-9/h1-3,9,15H,4-5,7-8H2. The zero-order chi connectivity index (χ0) is 11.4. The van der Waals surface area contributed by atoms with Crippen molar-refractivity contribution >= 4 is 29.1 Å². The van der Waals surface area contributed by atoms with E-state index < -0.39 is 0 Å². The summed E-state index contributed by atoms with van der Waals surface area (Å²) in [7, 11) is 0. The highest BCUT2D eigenvalue weighted by Crippen LogP contribution is 2.26. The van der Waals surface area contributed by atoms with Gasteiger partial charge < -0.3 is 5.32 Å². The topological polar surface area (TPSA) is 35.8 Å². The molecule has 0 spiro atoms. The van der Waals surface area contributed by atoms with E-state index in [9.17, 15) is 0 Å². The van der Waals surface area contributed by atoms with Crippen molar-refractivity contribution < 1.29 is 0 Å². The number of nitriles is 1. The van der Waals surface area contributed by atoms with Crippen molar-refractivity contribution in [1.29, 1.82) is 5.26 Å². The van der Waals surface area contributed by atoms with Crippen molar-refractivity contribution in [3.05, 3.63) is 28.8 Å². The van der Waals surface area contributed by atoms with E-state index in [2.05, 4.69) is 11.4 Å². The Morgan fingerprint density at radius 2 is 2.44 bits per heavy atom. The number of hydrogen-bond donors (Lipinski definition) is 1. The molecule has 0 aliphatic carbocycles. The maximum Gasteiger partial charge on any atom is 0.103 e. The second-order valence-corrected chi connectivity index (χ2v) is 5.44.